The first-order valence-electron chi connectivity index (χ1n) is 16.7. The van der Waals surface area contributed by atoms with Crippen LogP contribution in [-0.2, 0) is 9.53 Å². The van der Waals surface area contributed by atoms with Gasteiger partial charge in [0, 0.05) is 69.9 Å². The summed E-state index contributed by atoms with van der Waals surface area (Å²) >= 11 is 0. The van der Waals surface area contributed by atoms with Crippen LogP contribution in [0.4, 0.5) is 11.4 Å². The van der Waals surface area contributed by atoms with E-state index in [-0.39, 0.29) is 11.8 Å². The second-order valence-corrected chi connectivity index (χ2v) is 12.6. The molecule has 240 valence electrons. The van der Waals surface area contributed by atoms with Crippen LogP contribution in [0, 0.1) is 5.92 Å². The van der Waals surface area contributed by atoms with Crippen molar-refractivity contribution in [1.82, 2.24) is 15.5 Å². The Morgan fingerprint density at radius 3 is 2.25 bits per heavy atom. The Kier molecular flexibility index (Phi) is 11.8. The van der Waals surface area contributed by atoms with Gasteiger partial charge in [0.05, 0.1) is 13.2 Å². The van der Waals surface area contributed by atoms with E-state index in [2.05, 4.69) is 25.8 Å². The third kappa shape index (κ3) is 8.88. The number of methoxy groups -OCH3 is 1. The van der Waals surface area contributed by atoms with Crippen LogP contribution in [0.15, 0.2) is 48.5 Å². The van der Waals surface area contributed by atoms with E-state index in [0.717, 1.165) is 82.3 Å². The SMILES string of the molecule is COCCN1CCN(c2ccc(C(=O)NC3(C(=O)NCCNc4ccc(OCC5CCCC5)cc4)CCCCC3)cc2)CC1. The highest BCUT2D eigenvalue weighted by Gasteiger charge is 2.40. The number of carbonyl (C=O) groups excluding carboxylic acids is 2. The van der Waals surface area contributed by atoms with E-state index in [4.69, 9.17) is 9.47 Å². The van der Waals surface area contributed by atoms with E-state index >= 15 is 0 Å². The Hall–Kier alpha value is -3.30. The van der Waals surface area contributed by atoms with Gasteiger partial charge in [0.15, 0.2) is 0 Å². The number of hydrogen-bond donors (Lipinski definition) is 3. The molecule has 2 amide bonds. The zero-order chi connectivity index (χ0) is 30.6. The number of nitrogens with one attached hydrogen (secondary N) is 3. The van der Waals surface area contributed by atoms with Gasteiger partial charge in [-0.25, -0.2) is 0 Å². The number of hydrogen-bond acceptors (Lipinski definition) is 7. The minimum Gasteiger partial charge on any atom is -0.493 e. The van der Waals surface area contributed by atoms with E-state index in [0.29, 0.717) is 37.4 Å². The molecular formula is C35H51N5O4. The lowest BCUT2D eigenvalue weighted by molar-refractivity contribution is -0.128. The minimum absolute atomic E-state index is 0.0917. The number of piperazine rings is 1. The van der Waals surface area contributed by atoms with Crippen molar-refractivity contribution >= 4 is 23.2 Å². The van der Waals surface area contributed by atoms with Crippen molar-refractivity contribution in [3.8, 4) is 5.75 Å². The van der Waals surface area contributed by atoms with Crippen molar-refractivity contribution in [3.63, 3.8) is 0 Å². The molecule has 3 fully saturated rings. The largest absolute Gasteiger partial charge is 0.493 e. The molecule has 2 aromatic rings. The Morgan fingerprint density at radius 1 is 0.864 bits per heavy atom. The minimum atomic E-state index is -0.870. The molecule has 0 unspecified atom stereocenters. The summed E-state index contributed by atoms with van der Waals surface area (Å²) in [5.74, 6) is 1.31. The molecule has 9 nitrogen and oxygen atoms in total. The number of carbonyl (C=O) groups is 2. The first kappa shape index (κ1) is 32.1. The van der Waals surface area contributed by atoms with Crippen LogP contribution < -0.4 is 25.6 Å². The van der Waals surface area contributed by atoms with E-state index < -0.39 is 5.54 Å². The molecule has 2 aromatic carbocycles. The number of anilines is 2. The van der Waals surface area contributed by atoms with Gasteiger partial charge in [-0.3, -0.25) is 14.5 Å². The average molecular weight is 606 g/mol. The molecule has 0 atom stereocenters. The van der Waals surface area contributed by atoms with Crippen LogP contribution in [0.2, 0.25) is 0 Å². The van der Waals surface area contributed by atoms with Gasteiger partial charge in [-0.05, 0) is 80.1 Å². The maximum atomic E-state index is 13.5. The molecule has 1 aliphatic heterocycles. The monoisotopic (exact) mass is 605 g/mol. The van der Waals surface area contributed by atoms with Crippen molar-refractivity contribution in [1.29, 1.82) is 0 Å². The highest BCUT2D eigenvalue weighted by molar-refractivity contribution is 5.99. The standard InChI is InChI=1S/C35H51N5O4/c1-43-26-25-39-21-23-40(24-22-39)31-13-9-29(10-14-31)33(41)38-35(17-5-2-6-18-35)34(42)37-20-19-36-30-11-15-32(16-12-30)44-27-28-7-3-4-8-28/h9-16,28,36H,2-8,17-27H2,1H3,(H,37,42)(H,38,41). The van der Waals surface area contributed by atoms with Crippen molar-refractivity contribution in [2.75, 3.05) is 76.4 Å². The normalized spacial score (nSPS) is 19.0. The summed E-state index contributed by atoms with van der Waals surface area (Å²) in [5.41, 5.74) is 1.83. The number of nitrogens with zero attached hydrogens (tertiary/aromatic N) is 2. The molecule has 2 aliphatic carbocycles. The Labute approximate surface area is 263 Å². The maximum Gasteiger partial charge on any atom is 0.252 e. The van der Waals surface area contributed by atoms with Crippen molar-refractivity contribution in [3.05, 3.63) is 54.1 Å². The number of rotatable bonds is 14. The van der Waals surface area contributed by atoms with Gasteiger partial charge in [0.1, 0.15) is 11.3 Å². The molecular weight excluding hydrogens is 554 g/mol. The summed E-state index contributed by atoms with van der Waals surface area (Å²) in [6.07, 6.45) is 9.45. The van der Waals surface area contributed by atoms with Crippen LogP contribution in [0.3, 0.4) is 0 Å². The predicted octanol–water partition coefficient (Wildman–Crippen LogP) is 4.69. The molecule has 0 radical (unpaired) electrons. The molecule has 5 rings (SSSR count). The van der Waals surface area contributed by atoms with Gasteiger partial charge >= 0.3 is 0 Å². The highest BCUT2D eigenvalue weighted by atomic mass is 16.5. The fourth-order valence-corrected chi connectivity index (χ4v) is 6.74. The smallest absolute Gasteiger partial charge is 0.252 e. The lowest BCUT2D eigenvalue weighted by atomic mass is 9.80. The fraction of sp³-hybridized carbons (Fsp3) is 0.600. The van der Waals surface area contributed by atoms with Crippen LogP contribution in [0.5, 0.6) is 5.75 Å². The molecule has 1 saturated heterocycles. The Bertz CT molecular complexity index is 1170. The van der Waals surface area contributed by atoms with Gasteiger partial charge < -0.3 is 30.3 Å². The van der Waals surface area contributed by atoms with E-state index in [1.807, 2.05) is 48.5 Å². The lowest BCUT2D eigenvalue weighted by Gasteiger charge is -2.37. The first-order chi connectivity index (χ1) is 21.5. The predicted molar refractivity (Wildman–Crippen MR) is 176 cm³/mol. The molecule has 9 heteroatoms. The quantitative estimate of drug-likeness (QED) is 0.269. The Balaban J connectivity index is 1.07. The molecule has 0 bridgehead atoms. The fourth-order valence-electron chi connectivity index (χ4n) is 6.74. The highest BCUT2D eigenvalue weighted by Crippen LogP contribution is 2.29. The van der Waals surface area contributed by atoms with Crippen LogP contribution in [-0.4, -0.2) is 88.4 Å². The molecule has 0 spiro atoms. The number of amides is 2. The van der Waals surface area contributed by atoms with E-state index in [1.54, 1.807) is 7.11 Å². The van der Waals surface area contributed by atoms with Gasteiger partial charge in [-0.1, -0.05) is 32.1 Å². The van der Waals surface area contributed by atoms with Crippen LogP contribution in [0.25, 0.3) is 0 Å². The van der Waals surface area contributed by atoms with Gasteiger partial charge in [-0.2, -0.15) is 0 Å². The van der Waals surface area contributed by atoms with Crippen molar-refractivity contribution in [2.24, 2.45) is 5.92 Å². The van der Waals surface area contributed by atoms with Crippen molar-refractivity contribution in [2.45, 2.75) is 63.3 Å². The second kappa shape index (κ2) is 16.1. The topological polar surface area (TPSA) is 95.2 Å². The number of ether oxygens (including phenoxy) is 2. The molecule has 0 aromatic heterocycles. The first-order valence-corrected chi connectivity index (χ1v) is 16.7. The second-order valence-electron chi connectivity index (χ2n) is 12.6. The summed E-state index contributed by atoms with van der Waals surface area (Å²) in [7, 11) is 1.74. The van der Waals surface area contributed by atoms with Gasteiger partial charge in [0.2, 0.25) is 5.91 Å². The third-order valence-corrected chi connectivity index (χ3v) is 9.53. The molecule has 1 heterocycles. The van der Waals surface area contributed by atoms with E-state index in [9.17, 15) is 9.59 Å². The van der Waals surface area contributed by atoms with Crippen molar-refractivity contribution < 1.29 is 19.1 Å². The lowest BCUT2D eigenvalue weighted by Crippen LogP contribution is -2.60. The molecule has 3 aliphatic rings. The van der Waals surface area contributed by atoms with Gasteiger partial charge in [0.25, 0.3) is 5.91 Å². The Morgan fingerprint density at radius 2 is 1.57 bits per heavy atom. The van der Waals surface area contributed by atoms with Crippen LogP contribution >= 0.6 is 0 Å². The van der Waals surface area contributed by atoms with Crippen LogP contribution in [0.1, 0.15) is 68.1 Å². The molecule has 44 heavy (non-hydrogen) atoms. The summed E-state index contributed by atoms with van der Waals surface area (Å²) < 4.78 is 11.2. The maximum absolute atomic E-state index is 13.5. The molecule has 2 saturated carbocycles. The number of benzene rings is 2. The van der Waals surface area contributed by atoms with E-state index in [1.165, 1.54) is 25.7 Å². The summed E-state index contributed by atoms with van der Waals surface area (Å²) in [5, 5.41) is 9.62. The summed E-state index contributed by atoms with van der Waals surface area (Å²) in [6.45, 7) is 7.49. The summed E-state index contributed by atoms with van der Waals surface area (Å²) in [4.78, 5) is 31.6. The third-order valence-electron chi connectivity index (χ3n) is 9.53. The summed E-state index contributed by atoms with van der Waals surface area (Å²) in [6, 6.07) is 15.8. The molecule has 3 N–H and O–H groups in total. The zero-order valence-electron chi connectivity index (χ0n) is 26.5. The van der Waals surface area contributed by atoms with Gasteiger partial charge in [-0.15, -0.1) is 0 Å². The average Bonchev–Trinajstić information content (AvgIpc) is 3.60. The zero-order valence-corrected chi connectivity index (χ0v) is 26.5.